The van der Waals surface area contributed by atoms with Crippen LogP contribution in [0.25, 0.3) is 0 Å². The second-order valence-corrected chi connectivity index (χ2v) is 8.61. The minimum absolute atomic E-state index is 0.228. The molecule has 0 bridgehead atoms. The Morgan fingerprint density at radius 2 is 1.30 bits per heavy atom. The van der Waals surface area contributed by atoms with Crippen LogP contribution in [0.5, 0.6) is 0 Å². The van der Waals surface area contributed by atoms with Gasteiger partial charge in [0, 0.05) is 16.8 Å². The van der Waals surface area contributed by atoms with Crippen LogP contribution in [0.3, 0.4) is 0 Å². The van der Waals surface area contributed by atoms with Crippen LogP contribution in [-0.4, -0.2) is 11.1 Å². The number of hydrogen-bond donors (Lipinski definition) is 0. The second kappa shape index (κ2) is 4.79. The van der Waals surface area contributed by atoms with Crippen LogP contribution < -0.4 is 4.90 Å². The molecule has 20 heavy (non-hydrogen) atoms. The van der Waals surface area contributed by atoms with Gasteiger partial charge in [-0.3, -0.25) is 0 Å². The second-order valence-electron chi connectivity index (χ2n) is 8.61. The molecule has 1 aliphatic rings. The molecule has 1 aromatic rings. The lowest BCUT2D eigenvalue weighted by molar-refractivity contribution is 0.244. The molecule has 0 amide bonds. The van der Waals surface area contributed by atoms with E-state index in [-0.39, 0.29) is 16.5 Å². The van der Waals surface area contributed by atoms with Crippen LogP contribution in [0.2, 0.25) is 0 Å². The summed E-state index contributed by atoms with van der Waals surface area (Å²) in [6, 6.07) is 9.23. The standard InChI is InChI=1S/C19H31N/c1-17(2,3)15-9-11-16(12-10-15)20-18(4,5)13-8-14-19(20,6)7/h9-12H,8,13-14H2,1-7H3. The van der Waals surface area contributed by atoms with Gasteiger partial charge in [0.1, 0.15) is 0 Å². The maximum Gasteiger partial charge on any atom is 0.0375 e. The first-order valence-corrected chi connectivity index (χ1v) is 7.95. The topological polar surface area (TPSA) is 3.24 Å². The quantitative estimate of drug-likeness (QED) is 0.650. The molecule has 1 saturated heterocycles. The molecular weight excluding hydrogens is 242 g/mol. The molecule has 0 radical (unpaired) electrons. The summed E-state index contributed by atoms with van der Waals surface area (Å²) in [7, 11) is 0. The molecule has 2 rings (SSSR count). The summed E-state index contributed by atoms with van der Waals surface area (Å²) in [6.45, 7) is 16.3. The van der Waals surface area contributed by atoms with Gasteiger partial charge in [-0.05, 0) is 70.1 Å². The number of benzene rings is 1. The zero-order valence-electron chi connectivity index (χ0n) is 14.4. The van der Waals surface area contributed by atoms with E-state index in [1.165, 1.54) is 30.5 Å². The lowest BCUT2D eigenvalue weighted by Crippen LogP contribution is -2.59. The fraction of sp³-hybridized carbons (Fsp3) is 0.684. The Morgan fingerprint density at radius 1 is 0.850 bits per heavy atom. The summed E-state index contributed by atoms with van der Waals surface area (Å²) in [6.07, 6.45) is 3.88. The van der Waals surface area contributed by atoms with Crippen molar-refractivity contribution in [3.05, 3.63) is 29.8 Å². The first kappa shape index (κ1) is 15.4. The number of anilines is 1. The van der Waals surface area contributed by atoms with Crippen molar-refractivity contribution >= 4 is 5.69 Å². The third kappa shape index (κ3) is 2.87. The summed E-state index contributed by atoms with van der Waals surface area (Å²) in [5.74, 6) is 0. The third-order valence-corrected chi connectivity index (χ3v) is 4.78. The van der Waals surface area contributed by atoms with Gasteiger partial charge in [-0.2, -0.15) is 0 Å². The summed E-state index contributed by atoms with van der Waals surface area (Å²) in [5.41, 5.74) is 3.49. The highest BCUT2D eigenvalue weighted by Crippen LogP contribution is 2.42. The van der Waals surface area contributed by atoms with E-state index in [2.05, 4.69) is 77.6 Å². The maximum atomic E-state index is 2.63. The molecule has 112 valence electrons. The number of rotatable bonds is 1. The lowest BCUT2D eigenvalue weighted by Gasteiger charge is -2.54. The van der Waals surface area contributed by atoms with Gasteiger partial charge < -0.3 is 4.90 Å². The fourth-order valence-corrected chi connectivity index (χ4v) is 3.81. The zero-order chi connectivity index (χ0) is 15.2. The van der Waals surface area contributed by atoms with E-state index in [1.807, 2.05) is 0 Å². The number of nitrogens with zero attached hydrogens (tertiary/aromatic N) is 1. The van der Waals surface area contributed by atoms with E-state index in [0.29, 0.717) is 0 Å². The van der Waals surface area contributed by atoms with Crippen molar-refractivity contribution in [3.63, 3.8) is 0 Å². The van der Waals surface area contributed by atoms with Gasteiger partial charge in [0.25, 0.3) is 0 Å². The molecule has 0 aromatic heterocycles. The molecule has 0 atom stereocenters. The molecule has 0 unspecified atom stereocenters. The van der Waals surface area contributed by atoms with E-state index >= 15 is 0 Å². The summed E-state index contributed by atoms with van der Waals surface area (Å²) in [4.78, 5) is 2.63. The van der Waals surface area contributed by atoms with E-state index < -0.39 is 0 Å². The average Bonchev–Trinajstić information content (AvgIpc) is 2.25. The fourth-order valence-electron chi connectivity index (χ4n) is 3.81. The molecule has 1 aliphatic heterocycles. The number of piperidine rings is 1. The third-order valence-electron chi connectivity index (χ3n) is 4.78. The highest BCUT2D eigenvalue weighted by atomic mass is 15.3. The van der Waals surface area contributed by atoms with Crippen LogP contribution in [-0.2, 0) is 5.41 Å². The van der Waals surface area contributed by atoms with Gasteiger partial charge in [0.05, 0.1) is 0 Å². The Bertz CT molecular complexity index is 444. The Labute approximate surface area is 125 Å². The van der Waals surface area contributed by atoms with E-state index in [1.54, 1.807) is 0 Å². The van der Waals surface area contributed by atoms with Gasteiger partial charge in [-0.15, -0.1) is 0 Å². The Hall–Kier alpha value is -0.980. The van der Waals surface area contributed by atoms with Crippen molar-refractivity contribution in [1.29, 1.82) is 0 Å². The van der Waals surface area contributed by atoms with Gasteiger partial charge in [-0.1, -0.05) is 32.9 Å². The van der Waals surface area contributed by atoms with Crippen molar-refractivity contribution in [1.82, 2.24) is 0 Å². The van der Waals surface area contributed by atoms with Crippen LogP contribution in [0, 0.1) is 0 Å². The van der Waals surface area contributed by atoms with Crippen LogP contribution in [0.4, 0.5) is 5.69 Å². The smallest absolute Gasteiger partial charge is 0.0375 e. The summed E-state index contributed by atoms with van der Waals surface area (Å²) in [5, 5.41) is 0. The normalized spacial score (nSPS) is 21.9. The van der Waals surface area contributed by atoms with E-state index in [4.69, 9.17) is 0 Å². The minimum Gasteiger partial charge on any atom is -0.361 e. The van der Waals surface area contributed by atoms with Crippen molar-refractivity contribution in [2.45, 2.75) is 84.2 Å². The molecule has 1 heteroatoms. The molecule has 1 heterocycles. The molecule has 1 nitrogen and oxygen atoms in total. The predicted molar refractivity (Wildman–Crippen MR) is 89.6 cm³/mol. The molecule has 0 spiro atoms. The van der Waals surface area contributed by atoms with Crippen LogP contribution >= 0.6 is 0 Å². The highest BCUT2D eigenvalue weighted by molar-refractivity contribution is 5.53. The number of hydrogen-bond acceptors (Lipinski definition) is 1. The molecule has 0 N–H and O–H groups in total. The molecule has 0 aliphatic carbocycles. The molecule has 1 aromatic carbocycles. The zero-order valence-corrected chi connectivity index (χ0v) is 14.4. The predicted octanol–water partition coefficient (Wildman–Crippen LogP) is 5.53. The SMILES string of the molecule is CC(C)(C)c1ccc(N2C(C)(C)CCCC2(C)C)cc1. The highest BCUT2D eigenvalue weighted by Gasteiger charge is 2.41. The largest absolute Gasteiger partial charge is 0.361 e. The van der Waals surface area contributed by atoms with E-state index in [0.717, 1.165) is 0 Å². The van der Waals surface area contributed by atoms with Crippen molar-refractivity contribution < 1.29 is 0 Å². The van der Waals surface area contributed by atoms with Crippen molar-refractivity contribution in [2.75, 3.05) is 4.90 Å². The van der Waals surface area contributed by atoms with Gasteiger partial charge in [0.2, 0.25) is 0 Å². The summed E-state index contributed by atoms with van der Waals surface area (Å²) < 4.78 is 0. The van der Waals surface area contributed by atoms with Gasteiger partial charge >= 0.3 is 0 Å². The average molecular weight is 273 g/mol. The first-order valence-electron chi connectivity index (χ1n) is 7.95. The monoisotopic (exact) mass is 273 g/mol. The Morgan fingerprint density at radius 3 is 1.70 bits per heavy atom. The molecular formula is C19H31N. The van der Waals surface area contributed by atoms with Gasteiger partial charge in [-0.25, -0.2) is 0 Å². The first-order chi connectivity index (χ1) is 9.04. The van der Waals surface area contributed by atoms with Gasteiger partial charge in [0.15, 0.2) is 0 Å². The Kier molecular flexibility index (Phi) is 3.69. The van der Waals surface area contributed by atoms with E-state index in [9.17, 15) is 0 Å². The molecule has 0 saturated carbocycles. The Balaban J connectivity index is 2.38. The lowest BCUT2D eigenvalue weighted by atomic mass is 9.79. The van der Waals surface area contributed by atoms with Crippen LogP contribution in [0.1, 0.15) is 73.3 Å². The van der Waals surface area contributed by atoms with Crippen LogP contribution in [0.15, 0.2) is 24.3 Å². The van der Waals surface area contributed by atoms with Crippen molar-refractivity contribution in [3.8, 4) is 0 Å². The minimum atomic E-state index is 0.228. The van der Waals surface area contributed by atoms with Crippen molar-refractivity contribution in [2.24, 2.45) is 0 Å². The maximum absolute atomic E-state index is 2.63. The summed E-state index contributed by atoms with van der Waals surface area (Å²) >= 11 is 0. The molecule has 1 fully saturated rings.